The summed E-state index contributed by atoms with van der Waals surface area (Å²) in [6.07, 6.45) is 3.07. The standard InChI is InChI=1S/C21H23N3O6/c1-29-17-8-5-15(6-9-17)22-20(25)14-30-21(26)18-13-16(24(27)28)7-10-19(18)23-11-3-2-4-12-23/h5-10,13H,2-4,11-12,14H2,1H3,(H,22,25). The van der Waals surface area contributed by atoms with Gasteiger partial charge in [-0.05, 0) is 49.6 Å². The molecular weight excluding hydrogens is 390 g/mol. The van der Waals surface area contributed by atoms with Crippen molar-refractivity contribution < 1.29 is 24.0 Å². The number of ether oxygens (including phenoxy) is 2. The van der Waals surface area contributed by atoms with Crippen molar-refractivity contribution in [3.63, 3.8) is 0 Å². The minimum absolute atomic E-state index is 0.0864. The highest BCUT2D eigenvalue weighted by Gasteiger charge is 2.23. The van der Waals surface area contributed by atoms with Crippen molar-refractivity contribution >= 4 is 28.9 Å². The van der Waals surface area contributed by atoms with Gasteiger partial charge in [0.2, 0.25) is 0 Å². The third kappa shape index (κ3) is 5.25. The van der Waals surface area contributed by atoms with Gasteiger partial charge in [0.05, 0.1) is 23.3 Å². The van der Waals surface area contributed by atoms with Gasteiger partial charge in [-0.3, -0.25) is 14.9 Å². The molecule has 1 fully saturated rings. The number of nitrogens with one attached hydrogen (secondary N) is 1. The van der Waals surface area contributed by atoms with E-state index in [0.29, 0.717) is 17.1 Å². The van der Waals surface area contributed by atoms with Crippen LogP contribution in [0.5, 0.6) is 5.75 Å². The molecule has 1 heterocycles. The maximum Gasteiger partial charge on any atom is 0.341 e. The number of rotatable bonds is 7. The van der Waals surface area contributed by atoms with Gasteiger partial charge in [-0.15, -0.1) is 0 Å². The molecule has 0 radical (unpaired) electrons. The summed E-state index contributed by atoms with van der Waals surface area (Å²) in [5, 5.41) is 13.8. The van der Waals surface area contributed by atoms with Crippen LogP contribution < -0.4 is 15.0 Å². The summed E-state index contributed by atoms with van der Waals surface area (Å²) in [7, 11) is 1.54. The Morgan fingerprint density at radius 1 is 1.10 bits per heavy atom. The van der Waals surface area contributed by atoms with Crippen molar-refractivity contribution in [3.8, 4) is 5.75 Å². The maximum absolute atomic E-state index is 12.7. The van der Waals surface area contributed by atoms with Crippen LogP contribution >= 0.6 is 0 Å². The van der Waals surface area contributed by atoms with Crippen molar-refractivity contribution in [2.75, 3.05) is 37.0 Å². The van der Waals surface area contributed by atoms with Gasteiger partial charge in [-0.1, -0.05) is 0 Å². The lowest BCUT2D eigenvalue weighted by Gasteiger charge is -2.30. The van der Waals surface area contributed by atoms with Gasteiger partial charge in [0, 0.05) is 30.9 Å². The summed E-state index contributed by atoms with van der Waals surface area (Å²) in [6, 6.07) is 10.8. The minimum Gasteiger partial charge on any atom is -0.497 e. The van der Waals surface area contributed by atoms with Crippen molar-refractivity contribution in [3.05, 3.63) is 58.1 Å². The fourth-order valence-corrected chi connectivity index (χ4v) is 3.29. The maximum atomic E-state index is 12.7. The van der Waals surface area contributed by atoms with Crippen LogP contribution in [0, 0.1) is 10.1 Å². The van der Waals surface area contributed by atoms with Gasteiger partial charge < -0.3 is 19.7 Å². The largest absolute Gasteiger partial charge is 0.497 e. The Balaban J connectivity index is 1.68. The second-order valence-corrected chi connectivity index (χ2v) is 6.86. The van der Waals surface area contributed by atoms with Gasteiger partial charge in [0.25, 0.3) is 11.6 Å². The quantitative estimate of drug-likeness (QED) is 0.421. The predicted octanol–water partition coefficient (Wildman–Crippen LogP) is 3.39. The van der Waals surface area contributed by atoms with Crippen LogP contribution in [0.2, 0.25) is 0 Å². The molecule has 1 aliphatic heterocycles. The average Bonchev–Trinajstić information content (AvgIpc) is 2.78. The molecule has 0 spiro atoms. The second kappa shape index (κ2) is 9.73. The fraction of sp³-hybridized carbons (Fsp3) is 0.333. The van der Waals surface area contributed by atoms with Crippen LogP contribution in [-0.4, -0.2) is 43.6 Å². The molecule has 0 aliphatic carbocycles. The number of anilines is 2. The number of carbonyl (C=O) groups is 2. The highest BCUT2D eigenvalue weighted by Crippen LogP contribution is 2.28. The van der Waals surface area contributed by atoms with E-state index in [1.165, 1.54) is 12.1 Å². The van der Waals surface area contributed by atoms with E-state index in [-0.39, 0.29) is 11.3 Å². The van der Waals surface area contributed by atoms with E-state index in [0.717, 1.165) is 32.4 Å². The smallest absolute Gasteiger partial charge is 0.341 e. The highest BCUT2D eigenvalue weighted by molar-refractivity contribution is 5.99. The summed E-state index contributed by atoms with van der Waals surface area (Å²) in [4.78, 5) is 37.4. The molecule has 2 aromatic rings. The molecule has 0 aromatic heterocycles. The number of benzene rings is 2. The monoisotopic (exact) mass is 413 g/mol. The summed E-state index contributed by atoms with van der Waals surface area (Å²) in [6.45, 7) is 1.01. The molecule has 9 nitrogen and oxygen atoms in total. The van der Waals surface area contributed by atoms with Crippen LogP contribution in [0.1, 0.15) is 29.6 Å². The zero-order valence-electron chi connectivity index (χ0n) is 16.6. The Bertz CT molecular complexity index is 923. The minimum atomic E-state index is -0.774. The van der Waals surface area contributed by atoms with Gasteiger partial charge in [0.1, 0.15) is 5.75 Å². The Labute approximate surface area is 173 Å². The Morgan fingerprint density at radius 2 is 1.80 bits per heavy atom. The molecule has 1 aliphatic rings. The number of piperidine rings is 1. The molecule has 1 saturated heterocycles. The first-order chi connectivity index (χ1) is 14.5. The number of esters is 1. The first-order valence-electron chi connectivity index (χ1n) is 9.62. The molecular formula is C21H23N3O6. The molecule has 158 valence electrons. The van der Waals surface area contributed by atoms with Gasteiger partial charge in [0.15, 0.2) is 6.61 Å². The Hall–Kier alpha value is -3.62. The third-order valence-electron chi connectivity index (χ3n) is 4.82. The molecule has 2 aromatic carbocycles. The number of non-ortho nitro benzene ring substituents is 1. The van der Waals surface area contributed by atoms with Crippen molar-refractivity contribution in [1.29, 1.82) is 0 Å². The molecule has 1 amide bonds. The van der Waals surface area contributed by atoms with Crippen molar-refractivity contribution in [1.82, 2.24) is 0 Å². The predicted molar refractivity (Wildman–Crippen MR) is 111 cm³/mol. The molecule has 0 bridgehead atoms. The first kappa shape index (κ1) is 21.1. The molecule has 30 heavy (non-hydrogen) atoms. The van der Waals surface area contributed by atoms with Gasteiger partial charge in [-0.2, -0.15) is 0 Å². The van der Waals surface area contributed by atoms with Crippen LogP contribution in [0.3, 0.4) is 0 Å². The van der Waals surface area contributed by atoms with Crippen molar-refractivity contribution in [2.24, 2.45) is 0 Å². The Kier molecular flexibility index (Phi) is 6.84. The summed E-state index contributed by atoms with van der Waals surface area (Å²) < 4.78 is 10.2. The zero-order valence-corrected chi connectivity index (χ0v) is 16.6. The number of nitro benzene ring substituents is 1. The lowest BCUT2D eigenvalue weighted by molar-refractivity contribution is -0.384. The summed E-state index contributed by atoms with van der Waals surface area (Å²) >= 11 is 0. The molecule has 3 rings (SSSR count). The number of amides is 1. The topological polar surface area (TPSA) is 111 Å². The highest BCUT2D eigenvalue weighted by atomic mass is 16.6. The van der Waals surface area contributed by atoms with Crippen LogP contribution in [0.15, 0.2) is 42.5 Å². The SMILES string of the molecule is COc1ccc(NC(=O)COC(=O)c2cc([N+](=O)[O-])ccc2N2CCCCC2)cc1. The Morgan fingerprint density at radius 3 is 2.43 bits per heavy atom. The number of nitro groups is 1. The normalized spacial score (nSPS) is 13.4. The van der Waals surface area contributed by atoms with E-state index < -0.39 is 23.4 Å². The van der Waals surface area contributed by atoms with E-state index in [9.17, 15) is 19.7 Å². The number of carbonyl (C=O) groups excluding carboxylic acids is 2. The van der Waals surface area contributed by atoms with Gasteiger partial charge >= 0.3 is 5.97 Å². The lowest BCUT2D eigenvalue weighted by atomic mass is 10.1. The van der Waals surface area contributed by atoms with Crippen LogP contribution in [0.4, 0.5) is 17.1 Å². The number of hydrogen-bond donors (Lipinski definition) is 1. The molecule has 0 saturated carbocycles. The van der Waals surface area contributed by atoms with E-state index in [1.807, 2.05) is 4.90 Å². The van der Waals surface area contributed by atoms with Crippen molar-refractivity contribution in [2.45, 2.75) is 19.3 Å². The number of hydrogen-bond acceptors (Lipinski definition) is 7. The summed E-state index contributed by atoms with van der Waals surface area (Å²) in [5.74, 6) is -0.641. The molecule has 9 heteroatoms. The number of methoxy groups -OCH3 is 1. The van der Waals surface area contributed by atoms with E-state index >= 15 is 0 Å². The van der Waals surface area contributed by atoms with Crippen LogP contribution in [-0.2, 0) is 9.53 Å². The number of nitrogens with zero attached hydrogens (tertiary/aromatic N) is 2. The third-order valence-corrected chi connectivity index (χ3v) is 4.82. The zero-order chi connectivity index (χ0) is 21.5. The molecule has 1 N–H and O–H groups in total. The lowest BCUT2D eigenvalue weighted by Crippen LogP contribution is -2.31. The fourth-order valence-electron chi connectivity index (χ4n) is 3.29. The first-order valence-corrected chi connectivity index (χ1v) is 9.62. The second-order valence-electron chi connectivity index (χ2n) is 6.86. The van der Waals surface area contributed by atoms with Gasteiger partial charge in [-0.25, -0.2) is 4.79 Å². The molecule has 0 atom stereocenters. The van der Waals surface area contributed by atoms with E-state index in [4.69, 9.17) is 9.47 Å². The summed E-state index contributed by atoms with van der Waals surface area (Å²) in [5.41, 5.74) is 0.996. The average molecular weight is 413 g/mol. The van der Waals surface area contributed by atoms with E-state index in [1.54, 1.807) is 37.4 Å². The van der Waals surface area contributed by atoms with Crippen LogP contribution in [0.25, 0.3) is 0 Å². The van der Waals surface area contributed by atoms with E-state index in [2.05, 4.69) is 5.32 Å². The molecule has 0 unspecified atom stereocenters.